The number of amides is 1. The van der Waals surface area contributed by atoms with Crippen LogP contribution in [-0.4, -0.2) is 40.5 Å². The van der Waals surface area contributed by atoms with Gasteiger partial charge in [-0.2, -0.15) is 5.11 Å². The van der Waals surface area contributed by atoms with Crippen LogP contribution in [0.2, 0.25) is 0 Å². The molecule has 4 aromatic carbocycles. The van der Waals surface area contributed by atoms with Gasteiger partial charge in [-0.1, -0.05) is 128 Å². The number of hydrogen-bond acceptors (Lipinski definition) is 8. The van der Waals surface area contributed by atoms with Crippen molar-refractivity contribution < 1.29 is 24.6 Å². The smallest absolute Gasteiger partial charge is 0.335 e. The zero-order chi connectivity index (χ0) is 40.1. The number of nitrogens with zero attached hydrogens (tertiary/aromatic N) is 2. The van der Waals surface area contributed by atoms with Crippen LogP contribution in [0.1, 0.15) is 144 Å². The van der Waals surface area contributed by atoms with Gasteiger partial charge >= 0.3 is 5.97 Å². The van der Waals surface area contributed by atoms with Gasteiger partial charge in [-0.25, -0.2) is 4.79 Å². The monoisotopic (exact) mass is 763 g/mol. The molecule has 300 valence electrons. The molecule has 0 heterocycles. The lowest BCUT2D eigenvalue weighted by Crippen LogP contribution is -2.19. The topological polar surface area (TPSA) is 152 Å². The van der Waals surface area contributed by atoms with E-state index in [-0.39, 0.29) is 35.2 Å². The van der Waals surface area contributed by atoms with Crippen LogP contribution in [0.15, 0.2) is 83.0 Å². The van der Waals surface area contributed by atoms with Gasteiger partial charge < -0.3 is 26.2 Å². The lowest BCUT2D eigenvalue weighted by atomic mass is 10.0. The fourth-order valence-electron chi connectivity index (χ4n) is 6.84. The minimum atomic E-state index is -1.11. The Labute approximate surface area is 332 Å². The summed E-state index contributed by atoms with van der Waals surface area (Å²) in [7, 11) is 0. The molecular formula is C46H61N5O5. The second kappa shape index (κ2) is 23.6. The van der Waals surface area contributed by atoms with E-state index in [0.717, 1.165) is 24.9 Å². The number of phenolic OH excluding ortho intramolecular Hbond substituents is 1. The van der Waals surface area contributed by atoms with Crippen molar-refractivity contribution in [3.05, 3.63) is 83.9 Å². The molecule has 0 aliphatic heterocycles. The Bertz CT molecular complexity index is 1890. The number of nitrogens with one attached hydrogen (secondary N) is 3. The van der Waals surface area contributed by atoms with E-state index in [0.29, 0.717) is 33.5 Å². The summed E-state index contributed by atoms with van der Waals surface area (Å²) in [5.41, 5.74) is 2.59. The number of benzene rings is 4. The molecular weight excluding hydrogens is 703 g/mol. The Morgan fingerprint density at radius 3 is 1.88 bits per heavy atom. The molecule has 56 heavy (non-hydrogen) atoms. The molecule has 4 rings (SSSR count). The highest BCUT2D eigenvalue weighted by molar-refractivity contribution is 6.13. The van der Waals surface area contributed by atoms with Crippen LogP contribution in [0.4, 0.5) is 28.4 Å². The fraction of sp³-hybridized carbons (Fsp3) is 0.457. The number of azo groups is 1. The molecule has 4 aromatic rings. The van der Waals surface area contributed by atoms with Gasteiger partial charge in [0.2, 0.25) is 0 Å². The molecule has 5 N–H and O–H groups in total. The number of carboxylic acids is 1. The highest BCUT2D eigenvalue weighted by Gasteiger charge is 2.20. The van der Waals surface area contributed by atoms with Gasteiger partial charge in [0.15, 0.2) is 0 Å². The Kier molecular flexibility index (Phi) is 18.3. The Morgan fingerprint density at radius 1 is 0.696 bits per heavy atom. The highest BCUT2D eigenvalue weighted by Crippen LogP contribution is 2.38. The number of anilines is 3. The third-order valence-electron chi connectivity index (χ3n) is 10.1. The number of fused-ring (bicyclic) bond motifs is 1. The number of unbranched alkanes of at least 4 members (excludes halogenated alkanes) is 14. The molecule has 0 saturated heterocycles. The van der Waals surface area contributed by atoms with E-state index < -0.39 is 11.9 Å². The van der Waals surface area contributed by atoms with Crippen LogP contribution in [0.25, 0.3) is 10.8 Å². The number of aromatic carboxylic acids is 1. The van der Waals surface area contributed by atoms with Crippen LogP contribution < -0.4 is 16.0 Å². The fourth-order valence-corrected chi connectivity index (χ4v) is 6.84. The van der Waals surface area contributed by atoms with E-state index in [9.17, 15) is 24.6 Å². The van der Waals surface area contributed by atoms with E-state index in [1.807, 2.05) is 6.07 Å². The molecule has 0 saturated carbocycles. The standard InChI is InChI=1S/C46H61N5O5/c1-4-5-6-7-8-9-10-11-12-13-14-15-16-17-18-21-33(2)48-41-29-24-35(46(55)56)30-43(41)49-45(54)40-31-42(38-22-19-20-23-39(38)44(40)53)51-50-37-27-25-36(26-28-37)47-32-34(3)52/h19-20,22-31,33,47-48,53H,4-18,21,32H2,1-3H3,(H,49,54)(H,55,56). The van der Waals surface area contributed by atoms with Crippen molar-refractivity contribution in [1.29, 1.82) is 0 Å². The van der Waals surface area contributed by atoms with E-state index in [4.69, 9.17) is 0 Å². The number of hydrogen-bond donors (Lipinski definition) is 5. The van der Waals surface area contributed by atoms with Crippen LogP contribution in [0, 0.1) is 0 Å². The number of carbonyl (C=O) groups is 3. The minimum absolute atomic E-state index is 0.0232. The lowest BCUT2D eigenvalue weighted by molar-refractivity contribution is -0.115. The lowest BCUT2D eigenvalue weighted by Gasteiger charge is -2.19. The number of phenols is 1. The maximum atomic E-state index is 13.9. The summed E-state index contributed by atoms with van der Waals surface area (Å²) in [4.78, 5) is 37.1. The first-order chi connectivity index (χ1) is 27.2. The molecule has 0 radical (unpaired) electrons. The average molecular weight is 764 g/mol. The molecule has 1 unspecified atom stereocenters. The Balaban J connectivity index is 1.34. The highest BCUT2D eigenvalue weighted by atomic mass is 16.4. The molecule has 10 nitrogen and oxygen atoms in total. The predicted molar refractivity (Wildman–Crippen MR) is 229 cm³/mol. The summed E-state index contributed by atoms with van der Waals surface area (Å²) in [6.07, 6.45) is 20.6. The Hall–Kier alpha value is -5.25. The maximum Gasteiger partial charge on any atom is 0.335 e. The van der Waals surface area contributed by atoms with Gasteiger partial charge in [0, 0.05) is 22.5 Å². The predicted octanol–water partition coefficient (Wildman–Crippen LogP) is 13.0. The van der Waals surface area contributed by atoms with Gasteiger partial charge in [-0.15, -0.1) is 5.11 Å². The third-order valence-corrected chi connectivity index (χ3v) is 10.1. The minimum Gasteiger partial charge on any atom is -0.506 e. The van der Waals surface area contributed by atoms with Crippen molar-refractivity contribution in [2.75, 3.05) is 22.5 Å². The molecule has 0 aliphatic rings. The van der Waals surface area contributed by atoms with Crippen LogP contribution >= 0.6 is 0 Å². The number of Topliss-reactive ketones (excluding diaryl/α,β-unsaturated/α-hetero) is 1. The van der Waals surface area contributed by atoms with E-state index in [1.165, 1.54) is 109 Å². The number of aromatic hydroxyl groups is 1. The Morgan fingerprint density at radius 2 is 1.29 bits per heavy atom. The summed E-state index contributed by atoms with van der Waals surface area (Å²) in [6.45, 7) is 6.09. The molecule has 0 bridgehead atoms. The zero-order valence-corrected chi connectivity index (χ0v) is 33.5. The van der Waals surface area contributed by atoms with Crippen molar-refractivity contribution in [2.45, 2.75) is 130 Å². The van der Waals surface area contributed by atoms with Crippen LogP contribution in [-0.2, 0) is 4.79 Å². The summed E-state index contributed by atoms with van der Waals surface area (Å²) in [6, 6.07) is 20.3. The molecule has 10 heteroatoms. The second-order valence-electron chi connectivity index (χ2n) is 14.9. The quantitative estimate of drug-likeness (QED) is 0.0315. The average Bonchev–Trinajstić information content (AvgIpc) is 3.19. The van der Waals surface area contributed by atoms with E-state index >= 15 is 0 Å². The molecule has 0 spiro atoms. The first-order valence-electron chi connectivity index (χ1n) is 20.6. The number of rotatable bonds is 26. The molecule has 0 fully saturated rings. The number of carboxylic acid groups (broad SMARTS) is 1. The van der Waals surface area contributed by atoms with Crippen molar-refractivity contribution in [3.63, 3.8) is 0 Å². The number of carbonyl (C=O) groups excluding carboxylic acids is 2. The molecule has 0 aliphatic carbocycles. The normalized spacial score (nSPS) is 11.8. The van der Waals surface area contributed by atoms with E-state index in [1.54, 1.807) is 48.5 Å². The third kappa shape index (κ3) is 14.4. The van der Waals surface area contributed by atoms with Crippen molar-refractivity contribution in [2.24, 2.45) is 10.2 Å². The van der Waals surface area contributed by atoms with Crippen LogP contribution in [0.3, 0.4) is 0 Å². The van der Waals surface area contributed by atoms with Crippen molar-refractivity contribution in [1.82, 2.24) is 0 Å². The first-order valence-corrected chi connectivity index (χ1v) is 20.6. The maximum absolute atomic E-state index is 13.9. The van der Waals surface area contributed by atoms with Gasteiger partial charge in [-0.3, -0.25) is 9.59 Å². The largest absolute Gasteiger partial charge is 0.506 e. The molecule has 0 aromatic heterocycles. The van der Waals surface area contributed by atoms with E-state index in [2.05, 4.69) is 40.0 Å². The first kappa shape index (κ1) is 43.5. The molecule has 1 atom stereocenters. The van der Waals surface area contributed by atoms with Crippen molar-refractivity contribution >= 4 is 56.9 Å². The van der Waals surface area contributed by atoms with Gasteiger partial charge in [0.1, 0.15) is 11.5 Å². The van der Waals surface area contributed by atoms with Crippen LogP contribution in [0.5, 0.6) is 5.75 Å². The van der Waals surface area contributed by atoms with Gasteiger partial charge in [-0.05, 0) is 68.8 Å². The summed E-state index contributed by atoms with van der Waals surface area (Å²) in [5.74, 6) is -1.93. The van der Waals surface area contributed by atoms with Gasteiger partial charge in [0.25, 0.3) is 5.91 Å². The summed E-state index contributed by atoms with van der Waals surface area (Å²) < 4.78 is 0. The zero-order valence-electron chi connectivity index (χ0n) is 33.5. The SMILES string of the molecule is CCCCCCCCCCCCCCCCCC(C)Nc1ccc(C(=O)O)cc1NC(=O)c1cc(N=Nc2ccc(NCC(C)=O)cc2)c2ccccc2c1O. The van der Waals surface area contributed by atoms with Crippen molar-refractivity contribution in [3.8, 4) is 5.75 Å². The summed E-state index contributed by atoms with van der Waals surface area (Å²) >= 11 is 0. The number of ketones is 1. The second-order valence-corrected chi connectivity index (χ2v) is 14.9. The van der Waals surface area contributed by atoms with Gasteiger partial charge in [0.05, 0.1) is 40.4 Å². The summed E-state index contributed by atoms with van der Waals surface area (Å²) in [5, 5.41) is 40.2. The molecule has 1 amide bonds.